The van der Waals surface area contributed by atoms with E-state index in [0.29, 0.717) is 15.9 Å². The van der Waals surface area contributed by atoms with Crippen molar-refractivity contribution in [2.24, 2.45) is 0 Å². The second kappa shape index (κ2) is 6.27. The first kappa shape index (κ1) is 15.7. The molecule has 0 bridgehead atoms. The molecular weight excluding hydrogens is 354 g/mol. The molecule has 1 N–H and O–H groups in total. The lowest BCUT2D eigenvalue weighted by molar-refractivity contribution is -0.113. The Bertz CT molecular complexity index is 1010. The number of ether oxygens (including phenoxy) is 1. The van der Waals surface area contributed by atoms with Gasteiger partial charge in [-0.2, -0.15) is 0 Å². The number of fused-ring (bicyclic) bond motifs is 1. The molecule has 0 atom stereocenters. The number of carbonyl (C=O) groups excluding carboxylic acids is 1. The normalized spacial score (nSPS) is 15.9. The molecule has 1 saturated heterocycles. The standard InChI is InChI=1S/C18H13N3O2S2/c1-23-12-7-8-13-15(10-12)25-18(20-13)21-16(22)14(19-17(21)24)9-11-5-3-2-4-6-11/h2-10H,1H3,(H,19,24)/b14-9+. The van der Waals surface area contributed by atoms with Gasteiger partial charge in [-0.1, -0.05) is 41.7 Å². The zero-order chi connectivity index (χ0) is 17.4. The molecule has 0 aliphatic carbocycles. The molecular formula is C18H13N3O2S2. The van der Waals surface area contributed by atoms with Crippen molar-refractivity contribution in [3.63, 3.8) is 0 Å². The number of nitrogens with one attached hydrogen (secondary N) is 1. The van der Waals surface area contributed by atoms with Gasteiger partial charge in [-0.3, -0.25) is 4.79 Å². The van der Waals surface area contributed by atoms with Crippen molar-refractivity contribution in [3.8, 4) is 5.75 Å². The van der Waals surface area contributed by atoms with E-state index in [1.807, 2.05) is 48.5 Å². The third-order valence-corrected chi connectivity index (χ3v) is 5.05. The number of hydrogen-bond acceptors (Lipinski definition) is 5. The van der Waals surface area contributed by atoms with Crippen molar-refractivity contribution in [3.05, 3.63) is 59.8 Å². The lowest BCUT2D eigenvalue weighted by Gasteiger charge is -2.08. The Labute approximate surface area is 153 Å². The van der Waals surface area contributed by atoms with Crippen LogP contribution in [0.5, 0.6) is 5.75 Å². The molecule has 1 aliphatic heterocycles. The quantitative estimate of drug-likeness (QED) is 0.567. The number of rotatable bonds is 3. The van der Waals surface area contributed by atoms with Crippen molar-refractivity contribution in [1.82, 2.24) is 10.3 Å². The molecule has 1 aromatic heterocycles. The van der Waals surface area contributed by atoms with Gasteiger partial charge in [0.15, 0.2) is 10.2 Å². The summed E-state index contributed by atoms with van der Waals surface area (Å²) in [6.07, 6.45) is 1.78. The predicted molar refractivity (Wildman–Crippen MR) is 104 cm³/mol. The molecule has 7 heteroatoms. The molecule has 2 heterocycles. The molecule has 4 rings (SSSR count). The van der Waals surface area contributed by atoms with E-state index in [2.05, 4.69) is 10.3 Å². The molecule has 25 heavy (non-hydrogen) atoms. The van der Waals surface area contributed by atoms with Crippen LogP contribution in [0.15, 0.2) is 54.2 Å². The summed E-state index contributed by atoms with van der Waals surface area (Å²) >= 11 is 6.74. The minimum atomic E-state index is -0.208. The van der Waals surface area contributed by atoms with Gasteiger partial charge in [-0.15, -0.1) is 0 Å². The van der Waals surface area contributed by atoms with Gasteiger partial charge in [-0.05, 0) is 42.1 Å². The van der Waals surface area contributed by atoms with Crippen molar-refractivity contribution in [1.29, 1.82) is 0 Å². The van der Waals surface area contributed by atoms with Gasteiger partial charge < -0.3 is 10.1 Å². The van der Waals surface area contributed by atoms with Crippen LogP contribution in [-0.4, -0.2) is 23.1 Å². The summed E-state index contributed by atoms with van der Waals surface area (Å²) < 4.78 is 6.17. The highest BCUT2D eigenvalue weighted by Crippen LogP contribution is 2.33. The summed E-state index contributed by atoms with van der Waals surface area (Å²) in [5, 5.41) is 3.85. The number of anilines is 1. The Hall–Kier alpha value is -2.77. The second-order valence-electron chi connectivity index (χ2n) is 5.37. The van der Waals surface area contributed by atoms with Gasteiger partial charge in [0.25, 0.3) is 5.91 Å². The molecule has 5 nitrogen and oxygen atoms in total. The molecule has 0 saturated carbocycles. The van der Waals surface area contributed by atoms with Crippen LogP contribution in [0.1, 0.15) is 5.56 Å². The number of thiocarbonyl (C=S) groups is 1. The number of hydrogen-bond donors (Lipinski definition) is 1. The molecule has 2 aromatic carbocycles. The number of carbonyl (C=O) groups is 1. The van der Waals surface area contributed by atoms with Crippen molar-refractivity contribution in [2.75, 3.05) is 12.0 Å². The molecule has 1 amide bonds. The van der Waals surface area contributed by atoms with E-state index in [4.69, 9.17) is 17.0 Å². The van der Waals surface area contributed by atoms with E-state index in [-0.39, 0.29) is 5.91 Å². The molecule has 124 valence electrons. The van der Waals surface area contributed by atoms with Gasteiger partial charge in [-0.25, -0.2) is 9.88 Å². The van der Waals surface area contributed by atoms with E-state index in [1.54, 1.807) is 13.2 Å². The van der Waals surface area contributed by atoms with Crippen LogP contribution in [0.25, 0.3) is 16.3 Å². The summed E-state index contributed by atoms with van der Waals surface area (Å²) in [5.41, 5.74) is 2.17. The van der Waals surface area contributed by atoms with Crippen LogP contribution in [-0.2, 0) is 4.79 Å². The topological polar surface area (TPSA) is 54.5 Å². The first-order valence-corrected chi connectivity index (χ1v) is 8.75. The van der Waals surface area contributed by atoms with Crippen molar-refractivity contribution >= 4 is 56.0 Å². The number of methoxy groups -OCH3 is 1. The Morgan fingerprint density at radius 3 is 2.80 bits per heavy atom. The Balaban J connectivity index is 1.70. The number of benzene rings is 2. The number of amides is 1. The molecule has 3 aromatic rings. The van der Waals surface area contributed by atoms with Gasteiger partial charge in [0.2, 0.25) is 0 Å². The second-order valence-corrected chi connectivity index (χ2v) is 6.77. The summed E-state index contributed by atoms with van der Waals surface area (Å²) in [5.74, 6) is 0.542. The van der Waals surface area contributed by atoms with E-state index in [1.165, 1.54) is 16.2 Å². The zero-order valence-corrected chi connectivity index (χ0v) is 14.9. The molecule has 0 spiro atoms. The fourth-order valence-corrected chi connectivity index (χ4v) is 3.88. The average Bonchev–Trinajstić information content (AvgIpc) is 3.15. The van der Waals surface area contributed by atoms with Crippen molar-refractivity contribution < 1.29 is 9.53 Å². The van der Waals surface area contributed by atoms with Crippen LogP contribution >= 0.6 is 23.6 Å². The molecule has 1 fully saturated rings. The Morgan fingerprint density at radius 2 is 2.04 bits per heavy atom. The van der Waals surface area contributed by atoms with E-state index >= 15 is 0 Å². The number of nitrogens with zero attached hydrogens (tertiary/aromatic N) is 2. The highest BCUT2D eigenvalue weighted by Gasteiger charge is 2.34. The monoisotopic (exact) mass is 367 g/mol. The fourth-order valence-electron chi connectivity index (χ4n) is 2.54. The highest BCUT2D eigenvalue weighted by atomic mass is 32.1. The van der Waals surface area contributed by atoms with Crippen LogP contribution in [0.4, 0.5) is 5.13 Å². The molecule has 0 radical (unpaired) electrons. The average molecular weight is 367 g/mol. The highest BCUT2D eigenvalue weighted by molar-refractivity contribution is 7.80. The molecule has 0 unspecified atom stereocenters. The van der Waals surface area contributed by atoms with E-state index in [9.17, 15) is 4.79 Å². The Kier molecular flexibility index (Phi) is 3.95. The smallest absolute Gasteiger partial charge is 0.282 e. The lowest BCUT2D eigenvalue weighted by Crippen LogP contribution is -2.30. The zero-order valence-electron chi connectivity index (χ0n) is 13.2. The number of thiazole rings is 1. The van der Waals surface area contributed by atoms with Gasteiger partial charge in [0.1, 0.15) is 11.4 Å². The SMILES string of the molecule is COc1ccc2nc(N3C(=O)/C(=C\c4ccccc4)NC3=S)sc2c1. The largest absolute Gasteiger partial charge is 0.497 e. The lowest BCUT2D eigenvalue weighted by atomic mass is 10.2. The fraction of sp³-hybridized carbons (Fsp3) is 0.0556. The van der Waals surface area contributed by atoms with Crippen LogP contribution < -0.4 is 15.0 Å². The maximum atomic E-state index is 12.8. The third-order valence-electron chi connectivity index (χ3n) is 3.76. The summed E-state index contributed by atoms with van der Waals surface area (Å²) in [6.45, 7) is 0. The minimum absolute atomic E-state index is 0.208. The first-order valence-electron chi connectivity index (χ1n) is 7.52. The van der Waals surface area contributed by atoms with E-state index < -0.39 is 0 Å². The predicted octanol–water partition coefficient (Wildman–Crippen LogP) is 3.57. The van der Waals surface area contributed by atoms with Gasteiger partial charge >= 0.3 is 0 Å². The van der Waals surface area contributed by atoms with Crippen LogP contribution in [0.2, 0.25) is 0 Å². The summed E-state index contributed by atoms with van der Waals surface area (Å²) in [4.78, 5) is 18.7. The van der Waals surface area contributed by atoms with Crippen LogP contribution in [0, 0.1) is 0 Å². The Morgan fingerprint density at radius 1 is 1.24 bits per heavy atom. The van der Waals surface area contributed by atoms with Gasteiger partial charge in [0, 0.05) is 0 Å². The number of aromatic nitrogens is 1. The molecule has 1 aliphatic rings. The summed E-state index contributed by atoms with van der Waals surface area (Å²) in [7, 11) is 1.62. The first-order chi connectivity index (χ1) is 12.2. The maximum absolute atomic E-state index is 12.8. The third kappa shape index (κ3) is 2.88. The minimum Gasteiger partial charge on any atom is -0.497 e. The van der Waals surface area contributed by atoms with Crippen molar-refractivity contribution in [2.45, 2.75) is 0 Å². The van der Waals surface area contributed by atoms with Gasteiger partial charge in [0.05, 0.1) is 17.3 Å². The summed E-state index contributed by atoms with van der Waals surface area (Å²) in [6, 6.07) is 15.2. The van der Waals surface area contributed by atoms with Crippen LogP contribution in [0.3, 0.4) is 0 Å². The van der Waals surface area contributed by atoms with E-state index in [0.717, 1.165) is 21.5 Å². The maximum Gasteiger partial charge on any atom is 0.282 e.